The lowest BCUT2D eigenvalue weighted by molar-refractivity contribution is 0.0152. The van der Waals surface area contributed by atoms with Gasteiger partial charge in [-0.2, -0.15) is 0 Å². The maximum absolute atomic E-state index is 5.95. The topological polar surface area (TPSA) is 24.5 Å². The molecule has 1 aliphatic heterocycles. The van der Waals surface area contributed by atoms with Gasteiger partial charge in [0.2, 0.25) is 0 Å². The minimum absolute atomic E-state index is 0.474. The van der Waals surface area contributed by atoms with Crippen LogP contribution in [0, 0.1) is 0 Å². The van der Waals surface area contributed by atoms with Gasteiger partial charge in [-0.25, -0.2) is 0 Å². The average Bonchev–Trinajstić information content (AvgIpc) is 2.41. The molecule has 1 N–H and O–H groups in total. The van der Waals surface area contributed by atoms with Crippen LogP contribution in [-0.4, -0.2) is 43.8 Å². The second-order valence-electron chi connectivity index (χ2n) is 4.93. The minimum Gasteiger partial charge on any atom is -0.384 e. The summed E-state index contributed by atoms with van der Waals surface area (Å²) >= 11 is 5.95. The van der Waals surface area contributed by atoms with Gasteiger partial charge in [0.05, 0.1) is 6.10 Å². The number of halogens is 1. The molecule has 0 saturated carbocycles. The first kappa shape index (κ1) is 14.6. The minimum atomic E-state index is 0.474. The Hall–Kier alpha value is -0.770. The van der Waals surface area contributed by atoms with Crippen LogP contribution in [0.2, 0.25) is 5.02 Å². The molecule has 1 saturated heterocycles. The summed E-state index contributed by atoms with van der Waals surface area (Å²) in [7, 11) is 0. The van der Waals surface area contributed by atoms with Crippen LogP contribution in [0.5, 0.6) is 0 Å². The van der Waals surface area contributed by atoms with Crippen molar-refractivity contribution in [3.8, 4) is 0 Å². The van der Waals surface area contributed by atoms with Crippen molar-refractivity contribution in [2.24, 2.45) is 0 Å². The molecule has 4 heteroatoms. The highest BCUT2D eigenvalue weighted by molar-refractivity contribution is 6.30. The number of anilines is 1. The third kappa shape index (κ3) is 5.01. The highest BCUT2D eigenvalue weighted by Crippen LogP contribution is 2.15. The lowest BCUT2D eigenvalue weighted by atomic mass is 10.1. The van der Waals surface area contributed by atoms with Gasteiger partial charge in [0.1, 0.15) is 0 Å². The lowest BCUT2D eigenvalue weighted by Crippen LogP contribution is -2.39. The van der Waals surface area contributed by atoms with Crippen molar-refractivity contribution in [3.05, 3.63) is 29.3 Å². The van der Waals surface area contributed by atoms with E-state index in [0.717, 1.165) is 56.3 Å². The summed E-state index contributed by atoms with van der Waals surface area (Å²) in [6.45, 7) is 7.22. The molecule has 1 aromatic rings. The number of nitrogens with zero attached hydrogens (tertiary/aromatic N) is 1. The number of rotatable bonds is 6. The van der Waals surface area contributed by atoms with Crippen LogP contribution in [0.3, 0.4) is 0 Å². The fourth-order valence-corrected chi connectivity index (χ4v) is 2.68. The Bertz CT molecular complexity index is 378. The SMILES string of the molecule is CCOC1CCN(CCNc2cccc(Cl)c2)CC1. The molecular formula is C15H23ClN2O. The van der Waals surface area contributed by atoms with Crippen LogP contribution in [0.1, 0.15) is 19.8 Å². The van der Waals surface area contributed by atoms with Crippen molar-refractivity contribution in [2.45, 2.75) is 25.9 Å². The molecule has 0 bridgehead atoms. The zero-order valence-electron chi connectivity index (χ0n) is 11.6. The largest absolute Gasteiger partial charge is 0.384 e. The first-order valence-electron chi connectivity index (χ1n) is 7.11. The maximum Gasteiger partial charge on any atom is 0.0599 e. The molecule has 2 rings (SSSR count). The van der Waals surface area contributed by atoms with Crippen molar-refractivity contribution < 1.29 is 4.74 Å². The van der Waals surface area contributed by atoms with E-state index in [1.165, 1.54) is 0 Å². The van der Waals surface area contributed by atoms with Gasteiger partial charge in [-0.15, -0.1) is 0 Å². The number of benzene rings is 1. The molecule has 19 heavy (non-hydrogen) atoms. The molecule has 0 radical (unpaired) electrons. The fraction of sp³-hybridized carbons (Fsp3) is 0.600. The molecular weight excluding hydrogens is 260 g/mol. The summed E-state index contributed by atoms with van der Waals surface area (Å²) in [5.41, 5.74) is 1.09. The van der Waals surface area contributed by atoms with Gasteiger partial charge in [-0.05, 0) is 38.0 Å². The van der Waals surface area contributed by atoms with Gasteiger partial charge < -0.3 is 15.0 Å². The molecule has 1 fully saturated rings. The molecule has 0 aliphatic carbocycles. The Balaban J connectivity index is 1.64. The predicted molar refractivity (Wildman–Crippen MR) is 81.0 cm³/mol. The van der Waals surface area contributed by atoms with E-state index in [4.69, 9.17) is 16.3 Å². The van der Waals surface area contributed by atoms with E-state index in [2.05, 4.69) is 17.1 Å². The second kappa shape index (κ2) is 7.73. The quantitative estimate of drug-likeness (QED) is 0.867. The van der Waals surface area contributed by atoms with Crippen molar-refractivity contribution in [3.63, 3.8) is 0 Å². The zero-order valence-corrected chi connectivity index (χ0v) is 12.3. The third-order valence-corrected chi connectivity index (χ3v) is 3.75. The van der Waals surface area contributed by atoms with Crippen molar-refractivity contribution in [2.75, 3.05) is 38.1 Å². The Labute approximate surface area is 120 Å². The summed E-state index contributed by atoms with van der Waals surface area (Å²) in [6, 6.07) is 7.87. The summed E-state index contributed by atoms with van der Waals surface area (Å²) in [6.07, 6.45) is 2.79. The van der Waals surface area contributed by atoms with Gasteiger partial charge in [-0.3, -0.25) is 0 Å². The number of hydrogen-bond donors (Lipinski definition) is 1. The lowest BCUT2D eigenvalue weighted by Gasteiger charge is -2.31. The molecule has 0 amide bonds. The number of piperidine rings is 1. The number of ether oxygens (including phenoxy) is 1. The number of hydrogen-bond acceptors (Lipinski definition) is 3. The van der Waals surface area contributed by atoms with E-state index in [0.29, 0.717) is 6.10 Å². The molecule has 1 aliphatic rings. The van der Waals surface area contributed by atoms with Gasteiger partial charge in [0.25, 0.3) is 0 Å². The van der Waals surface area contributed by atoms with Crippen LogP contribution < -0.4 is 5.32 Å². The fourth-order valence-electron chi connectivity index (χ4n) is 2.49. The number of likely N-dealkylation sites (tertiary alicyclic amines) is 1. The molecule has 0 aromatic heterocycles. The van der Waals surface area contributed by atoms with Gasteiger partial charge in [0.15, 0.2) is 0 Å². The monoisotopic (exact) mass is 282 g/mol. The summed E-state index contributed by atoms with van der Waals surface area (Å²) in [5.74, 6) is 0. The van der Waals surface area contributed by atoms with Crippen LogP contribution in [0.15, 0.2) is 24.3 Å². The zero-order chi connectivity index (χ0) is 13.5. The Morgan fingerprint density at radius 2 is 2.16 bits per heavy atom. The Morgan fingerprint density at radius 1 is 1.37 bits per heavy atom. The van der Waals surface area contributed by atoms with Crippen LogP contribution in [0.25, 0.3) is 0 Å². The van der Waals surface area contributed by atoms with Gasteiger partial charge >= 0.3 is 0 Å². The van der Waals surface area contributed by atoms with Crippen molar-refractivity contribution >= 4 is 17.3 Å². The second-order valence-corrected chi connectivity index (χ2v) is 5.37. The summed E-state index contributed by atoms with van der Waals surface area (Å²) in [5, 5.41) is 4.19. The Morgan fingerprint density at radius 3 is 2.84 bits per heavy atom. The molecule has 0 atom stereocenters. The van der Waals surface area contributed by atoms with E-state index in [9.17, 15) is 0 Å². The molecule has 106 valence electrons. The normalized spacial score (nSPS) is 17.6. The first-order chi connectivity index (χ1) is 9.28. The standard InChI is InChI=1S/C15H23ClN2O/c1-2-19-15-6-9-18(10-7-15)11-8-17-14-5-3-4-13(16)12-14/h3-5,12,15,17H,2,6-11H2,1H3. The third-order valence-electron chi connectivity index (χ3n) is 3.52. The van der Waals surface area contributed by atoms with Crippen LogP contribution in [-0.2, 0) is 4.74 Å². The van der Waals surface area contributed by atoms with Crippen molar-refractivity contribution in [1.82, 2.24) is 4.90 Å². The van der Waals surface area contributed by atoms with E-state index < -0.39 is 0 Å². The predicted octanol–water partition coefficient (Wildman–Crippen LogP) is 3.25. The van der Waals surface area contributed by atoms with Gasteiger partial charge in [-0.1, -0.05) is 17.7 Å². The highest BCUT2D eigenvalue weighted by atomic mass is 35.5. The van der Waals surface area contributed by atoms with Gasteiger partial charge in [0, 0.05) is 43.5 Å². The molecule has 1 heterocycles. The summed E-state index contributed by atoms with van der Waals surface area (Å²) < 4.78 is 5.66. The molecule has 0 spiro atoms. The van der Waals surface area contributed by atoms with E-state index in [-0.39, 0.29) is 0 Å². The average molecular weight is 283 g/mol. The molecule has 1 aromatic carbocycles. The van der Waals surface area contributed by atoms with Crippen molar-refractivity contribution in [1.29, 1.82) is 0 Å². The highest BCUT2D eigenvalue weighted by Gasteiger charge is 2.18. The molecule has 0 unspecified atom stereocenters. The van der Waals surface area contributed by atoms with E-state index in [1.807, 2.05) is 24.3 Å². The van der Waals surface area contributed by atoms with E-state index in [1.54, 1.807) is 0 Å². The smallest absolute Gasteiger partial charge is 0.0599 e. The summed E-state index contributed by atoms with van der Waals surface area (Å²) in [4.78, 5) is 2.49. The van der Waals surface area contributed by atoms with Crippen LogP contribution >= 0.6 is 11.6 Å². The molecule has 3 nitrogen and oxygen atoms in total. The number of nitrogens with one attached hydrogen (secondary N) is 1. The Kier molecular flexibility index (Phi) is 5.95. The van der Waals surface area contributed by atoms with Crippen LogP contribution in [0.4, 0.5) is 5.69 Å². The maximum atomic E-state index is 5.95. The first-order valence-corrected chi connectivity index (χ1v) is 7.49. The van der Waals surface area contributed by atoms with E-state index >= 15 is 0 Å².